The van der Waals surface area contributed by atoms with Crippen molar-refractivity contribution < 1.29 is 17.9 Å². The fourth-order valence-corrected chi connectivity index (χ4v) is 5.09. The van der Waals surface area contributed by atoms with E-state index < -0.39 is 15.4 Å². The van der Waals surface area contributed by atoms with Crippen LogP contribution in [-0.4, -0.2) is 28.7 Å². The first-order chi connectivity index (χ1) is 11.4. The Hall–Kier alpha value is -1.63. The summed E-state index contributed by atoms with van der Waals surface area (Å²) in [6.45, 7) is 0.863. The van der Waals surface area contributed by atoms with E-state index >= 15 is 0 Å². The Morgan fingerprint density at radius 1 is 1.08 bits per heavy atom. The van der Waals surface area contributed by atoms with Crippen molar-refractivity contribution in [2.45, 2.75) is 10.3 Å². The molecule has 2 aliphatic heterocycles. The van der Waals surface area contributed by atoms with E-state index in [-0.39, 0.29) is 4.90 Å². The number of alkyl halides is 1. The van der Waals surface area contributed by atoms with Crippen LogP contribution in [0.1, 0.15) is 16.5 Å². The van der Waals surface area contributed by atoms with Gasteiger partial charge in [0.1, 0.15) is 13.2 Å². The highest BCUT2D eigenvalue weighted by molar-refractivity contribution is 7.92. The molecule has 2 aliphatic rings. The Kier molecular flexibility index (Phi) is 3.60. The molecule has 1 unspecified atom stereocenters. The highest BCUT2D eigenvalue weighted by Gasteiger charge is 2.36. The first kappa shape index (κ1) is 15.9. The fourth-order valence-electron chi connectivity index (χ4n) is 2.95. The van der Waals surface area contributed by atoms with Crippen LogP contribution >= 0.6 is 23.2 Å². The minimum absolute atomic E-state index is 0.105. The summed E-state index contributed by atoms with van der Waals surface area (Å²) in [4.78, 5) is 0.105. The average Bonchev–Trinajstić information content (AvgIpc) is 2.63. The van der Waals surface area contributed by atoms with Gasteiger partial charge in [-0.25, -0.2) is 8.42 Å². The Morgan fingerprint density at radius 2 is 1.75 bits per heavy atom. The smallest absolute Gasteiger partial charge is 0.264 e. The number of halogens is 2. The first-order valence-electron chi connectivity index (χ1n) is 7.25. The van der Waals surface area contributed by atoms with E-state index in [4.69, 9.17) is 32.7 Å². The molecule has 0 N–H and O–H groups in total. The van der Waals surface area contributed by atoms with Gasteiger partial charge in [-0.2, -0.15) is 0 Å². The van der Waals surface area contributed by atoms with Gasteiger partial charge in [0.15, 0.2) is 11.5 Å². The molecule has 0 fully saturated rings. The molecule has 0 radical (unpaired) electrons. The van der Waals surface area contributed by atoms with Gasteiger partial charge in [0, 0.05) is 23.7 Å². The number of nitrogens with zero attached hydrogens (tertiary/aromatic N) is 1. The van der Waals surface area contributed by atoms with E-state index in [1.807, 2.05) is 0 Å². The summed E-state index contributed by atoms with van der Waals surface area (Å²) in [7, 11) is -2.29. The quantitative estimate of drug-likeness (QED) is 0.650. The van der Waals surface area contributed by atoms with Crippen molar-refractivity contribution >= 4 is 38.9 Å². The molecule has 2 aromatic rings. The number of benzene rings is 2. The van der Waals surface area contributed by atoms with Crippen LogP contribution in [0.5, 0.6) is 11.5 Å². The van der Waals surface area contributed by atoms with Crippen LogP contribution in [0.3, 0.4) is 0 Å². The molecule has 8 heteroatoms. The Balaban J connectivity index is 2.03. The zero-order chi connectivity index (χ0) is 17.1. The zero-order valence-corrected chi connectivity index (χ0v) is 15.0. The second-order valence-electron chi connectivity index (χ2n) is 5.57. The lowest BCUT2D eigenvalue weighted by atomic mass is 10.0. The normalized spacial score (nSPS) is 20.8. The van der Waals surface area contributed by atoms with Crippen molar-refractivity contribution in [2.24, 2.45) is 0 Å². The molecule has 2 heterocycles. The number of sulfonamides is 1. The number of rotatable bonds is 0. The van der Waals surface area contributed by atoms with Gasteiger partial charge in [-0.1, -0.05) is 17.7 Å². The van der Waals surface area contributed by atoms with Crippen LogP contribution in [0.25, 0.3) is 0 Å². The molecule has 0 aliphatic carbocycles. The zero-order valence-electron chi connectivity index (χ0n) is 12.6. The Morgan fingerprint density at radius 3 is 2.46 bits per heavy atom. The highest BCUT2D eigenvalue weighted by Crippen LogP contribution is 2.48. The lowest BCUT2D eigenvalue weighted by molar-refractivity contribution is 0.171. The van der Waals surface area contributed by atoms with Gasteiger partial charge >= 0.3 is 0 Å². The Bertz CT molecular complexity index is 945. The number of fused-ring (bicyclic) bond motifs is 3. The average molecular weight is 386 g/mol. The van der Waals surface area contributed by atoms with E-state index in [0.29, 0.717) is 46.5 Å². The third-order valence-electron chi connectivity index (χ3n) is 4.19. The van der Waals surface area contributed by atoms with Crippen molar-refractivity contribution in [3.63, 3.8) is 0 Å². The molecule has 0 spiro atoms. The molecule has 0 saturated carbocycles. The van der Waals surface area contributed by atoms with Gasteiger partial charge in [0.2, 0.25) is 0 Å². The summed E-state index contributed by atoms with van der Waals surface area (Å²) in [5.74, 6) is 1.07. The SMILES string of the molecule is CN1c2cc3c(cc2C(Cl)c2ccc(Cl)cc2S1(=O)=O)OCCO3. The van der Waals surface area contributed by atoms with E-state index in [0.717, 1.165) is 0 Å². The van der Waals surface area contributed by atoms with E-state index in [9.17, 15) is 8.42 Å². The van der Waals surface area contributed by atoms with Crippen molar-refractivity contribution in [3.8, 4) is 11.5 Å². The fraction of sp³-hybridized carbons (Fsp3) is 0.250. The van der Waals surface area contributed by atoms with Gasteiger partial charge in [-0.3, -0.25) is 4.31 Å². The second kappa shape index (κ2) is 5.44. The summed E-state index contributed by atoms with van der Waals surface area (Å²) in [5.41, 5.74) is 1.60. The van der Waals surface area contributed by atoms with Crippen LogP contribution < -0.4 is 13.8 Å². The maximum absolute atomic E-state index is 13.0. The summed E-state index contributed by atoms with van der Waals surface area (Å²) < 4.78 is 38.4. The molecule has 1 atom stereocenters. The third kappa shape index (κ3) is 2.24. The standard InChI is InChI=1S/C16H13Cl2NO4S/c1-19-12-8-14-13(22-4-5-23-14)7-11(12)16(18)10-3-2-9(17)6-15(10)24(19,20)21/h2-3,6-8,16H,4-5H2,1H3. The van der Waals surface area contributed by atoms with Crippen LogP contribution in [-0.2, 0) is 10.0 Å². The number of hydrogen-bond acceptors (Lipinski definition) is 4. The molecule has 0 amide bonds. The van der Waals surface area contributed by atoms with Crippen LogP contribution in [0, 0.1) is 0 Å². The number of ether oxygens (including phenoxy) is 2. The van der Waals surface area contributed by atoms with Crippen LogP contribution in [0.15, 0.2) is 35.2 Å². The van der Waals surface area contributed by atoms with Crippen LogP contribution in [0.2, 0.25) is 5.02 Å². The maximum Gasteiger partial charge on any atom is 0.264 e. The van der Waals surface area contributed by atoms with Gasteiger partial charge in [-0.15, -0.1) is 11.6 Å². The van der Waals surface area contributed by atoms with Gasteiger partial charge in [0.05, 0.1) is 16.0 Å². The molecular weight excluding hydrogens is 373 g/mol. The topological polar surface area (TPSA) is 55.8 Å². The van der Waals surface area contributed by atoms with Crippen molar-refractivity contribution in [1.82, 2.24) is 0 Å². The molecule has 0 aromatic heterocycles. The molecule has 2 aromatic carbocycles. The minimum Gasteiger partial charge on any atom is -0.486 e. The summed E-state index contributed by atoms with van der Waals surface area (Å²) in [6.07, 6.45) is 0. The van der Waals surface area contributed by atoms with Crippen molar-refractivity contribution in [2.75, 3.05) is 24.6 Å². The maximum atomic E-state index is 13.0. The lowest BCUT2D eigenvalue weighted by Gasteiger charge is -2.24. The highest BCUT2D eigenvalue weighted by atomic mass is 35.5. The third-order valence-corrected chi connectivity index (χ3v) is 6.72. The first-order valence-corrected chi connectivity index (χ1v) is 9.51. The second-order valence-corrected chi connectivity index (χ2v) is 8.38. The van der Waals surface area contributed by atoms with E-state index in [2.05, 4.69) is 0 Å². The summed E-state index contributed by atoms with van der Waals surface area (Å²) in [5, 5.41) is -0.311. The summed E-state index contributed by atoms with van der Waals surface area (Å²) >= 11 is 12.6. The molecule has 24 heavy (non-hydrogen) atoms. The monoisotopic (exact) mass is 385 g/mol. The predicted octanol–water partition coefficient (Wildman–Crippen LogP) is 3.58. The van der Waals surface area contributed by atoms with E-state index in [1.165, 1.54) is 17.4 Å². The van der Waals surface area contributed by atoms with Crippen LogP contribution in [0.4, 0.5) is 5.69 Å². The van der Waals surface area contributed by atoms with Crippen molar-refractivity contribution in [3.05, 3.63) is 46.5 Å². The number of hydrogen-bond donors (Lipinski definition) is 0. The Labute approximate surface area is 149 Å². The lowest BCUT2D eigenvalue weighted by Crippen LogP contribution is -2.27. The number of anilines is 1. The molecule has 0 bridgehead atoms. The molecular formula is C16H13Cl2NO4S. The largest absolute Gasteiger partial charge is 0.486 e. The van der Waals surface area contributed by atoms with Gasteiger partial charge in [0.25, 0.3) is 10.0 Å². The summed E-state index contributed by atoms with van der Waals surface area (Å²) in [6, 6.07) is 8.11. The van der Waals surface area contributed by atoms with E-state index in [1.54, 1.807) is 24.3 Å². The molecule has 4 rings (SSSR count). The molecule has 5 nitrogen and oxygen atoms in total. The minimum atomic E-state index is -3.78. The molecule has 126 valence electrons. The van der Waals surface area contributed by atoms with Gasteiger partial charge < -0.3 is 9.47 Å². The van der Waals surface area contributed by atoms with Gasteiger partial charge in [-0.05, 0) is 23.8 Å². The van der Waals surface area contributed by atoms with Crippen molar-refractivity contribution in [1.29, 1.82) is 0 Å². The predicted molar refractivity (Wildman–Crippen MR) is 92.2 cm³/mol. The molecule has 0 saturated heterocycles.